The molecule has 4 aliphatic rings. The molecule has 4 rings (SSSR count). The van der Waals surface area contributed by atoms with Gasteiger partial charge in [-0.05, 0) is 48.5 Å². The quantitative estimate of drug-likeness (QED) is 0.737. The molecule has 3 fully saturated rings. The van der Waals surface area contributed by atoms with Gasteiger partial charge in [-0.1, -0.05) is 63.1 Å². The molecule has 1 heterocycles. The largest absolute Gasteiger partial charge is 0.299 e. The molecule has 0 bridgehead atoms. The smallest absolute Gasteiger partial charge is 0.129 e. The first-order chi connectivity index (χ1) is 12.1. The van der Waals surface area contributed by atoms with Crippen LogP contribution in [0.15, 0.2) is 23.8 Å². The summed E-state index contributed by atoms with van der Waals surface area (Å²) in [4.78, 5) is 0. The second-order valence-corrected chi connectivity index (χ2v) is 14.1. The van der Waals surface area contributed by atoms with E-state index in [-0.39, 0.29) is 0 Å². The molecule has 0 radical (unpaired) electrons. The SMILES string of the molecule is CC1CC2C(C3CCCCC3)=CC=CC2C1[Si](C)(C)N1CNCNC1. The fourth-order valence-electron chi connectivity index (χ4n) is 6.55. The molecular formula is C21H37N3Si. The van der Waals surface area contributed by atoms with Gasteiger partial charge in [0.1, 0.15) is 8.24 Å². The molecule has 1 aliphatic heterocycles. The Bertz CT molecular complexity index is 529. The van der Waals surface area contributed by atoms with Crippen molar-refractivity contribution in [3.05, 3.63) is 23.8 Å². The molecule has 3 nitrogen and oxygen atoms in total. The summed E-state index contributed by atoms with van der Waals surface area (Å²) in [6.07, 6.45) is 16.2. The van der Waals surface area contributed by atoms with E-state index in [4.69, 9.17) is 0 Å². The Hall–Kier alpha value is -0.423. The molecule has 4 unspecified atom stereocenters. The van der Waals surface area contributed by atoms with Crippen molar-refractivity contribution in [3.63, 3.8) is 0 Å². The van der Waals surface area contributed by atoms with Gasteiger partial charge in [0.05, 0.1) is 0 Å². The third-order valence-corrected chi connectivity index (χ3v) is 12.3. The van der Waals surface area contributed by atoms with E-state index in [2.05, 4.69) is 53.4 Å². The lowest BCUT2D eigenvalue weighted by atomic mass is 9.73. The van der Waals surface area contributed by atoms with Gasteiger partial charge in [0.2, 0.25) is 0 Å². The summed E-state index contributed by atoms with van der Waals surface area (Å²) in [5, 5.41) is 7.06. The number of rotatable bonds is 3. The molecule has 4 atom stereocenters. The molecular weight excluding hydrogens is 322 g/mol. The van der Waals surface area contributed by atoms with Crippen molar-refractivity contribution in [1.29, 1.82) is 0 Å². The minimum atomic E-state index is -1.49. The van der Waals surface area contributed by atoms with E-state index in [9.17, 15) is 0 Å². The molecule has 0 amide bonds. The van der Waals surface area contributed by atoms with Gasteiger partial charge in [-0.2, -0.15) is 0 Å². The molecule has 0 spiro atoms. The molecule has 4 heteroatoms. The predicted octanol–water partition coefficient (Wildman–Crippen LogP) is 4.28. The fraction of sp³-hybridized carbons (Fsp3) is 0.810. The van der Waals surface area contributed by atoms with Gasteiger partial charge in [0, 0.05) is 20.0 Å². The zero-order valence-corrected chi connectivity index (χ0v) is 17.4. The number of nitrogens with one attached hydrogen (secondary N) is 2. The van der Waals surface area contributed by atoms with E-state index in [1.165, 1.54) is 38.5 Å². The maximum atomic E-state index is 3.53. The van der Waals surface area contributed by atoms with Crippen LogP contribution in [-0.4, -0.2) is 32.8 Å². The van der Waals surface area contributed by atoms with Crippen LogP contribution in [-0.2, 0) is 0 Å². The van der Waals surface area contributed by atoms with Gasteiger partial charge in [-0.3, -0.25) is 15.2 Å². The van der Waals surface area contributed by atoms with Crippen LogP contribution in [0.4, 0.5) is 0 Å². The second-order valence-electron chi connectivity index (χ2n) is 9.50. The van der Waals surface area contributed by atoms with Crippen LogP contribution in [0.25, 0.3) is 0 Å². The van der Waals surface area contributed by atoms with Crippen molar-refractivity contribution >= 4 is 8.24 Å². The highest BCUT2D eigenvalue weighted by Crippen LogP contribution is 2.57. The van der Waals surface area contributed by atoms with Crippen molar-refractivity contribution in [1.82, 2.24) is 15.2 Å². The lowest BCUT2D eigenvalue weighted by Gasteiger charge is -2.47. The summed E-state index contributed by atoms with van der Waals surface area (Å²) in [5.74, 6) is 3.37. The topological polar surface area (TPSA) is 27.3 Å². The number of hydrogen-bond donors (Lipinski definition) is 2. The fourth-order valence-corrected chi connectivity index (χ4v) is 10.8. The van der Waals surface area contributed by atoms with Gasteiger partial charge >= 0.3 is 0 Å². The average Bonchev–Trinajstić information content (AvgIpc) is 2.99. The third-order valence-electron chi connectivity index (χ3n) is 7.73. The summed E-state index contributed by atoms with van der Waals surface area (Å²) in [6, 6.07) is 0. The normalized spacial score (nSPS) is 37.8. The van der Waals surface area contributed by atoms with Crippen molar-refractivity contribution in [2.24, 2.45) is 23.7 Å². The maximum Gasteiger partial charge on any atom is 0.129 e. The predicted molar refractivity (Wildman–Crippen MR) is 109 cm³/mol. The van der Waals surface area contributed by atoms with Crippen molar-refractivity contribution in [3.8, 4) is 0 Å². The van der Waals surface area contributed by atoms with Gasteiger partial charge in [0.15, 0.2) is 0 Å². The van der Waals surface area contributed by atoms with Gasteiger partial charge < -0.3 is 0 Å². The lowest BCUT2D eigenvalue weighted by molar-refractivity contribution is 0.279. The molecule has 0 aromatic rings. The van der Waals surface area contributed by atoms with E-state index in [1.807, 2.05) is 5.57 Å². The van der Waals surface area contributed by atoms with Crippen molar-refractivity contribution in [2.45, 2.75) is 64.1 Å². The summed E-state index contributed by atoms with van der Waals surface area (Å²) in [7, 11) is -1.49. The molecule has 2 saturated carbocycles. The lowest BCUT2D eigenvalue weighted by Crippen LogP contribution is -2.63. The van der Waals surface area contributed by atoms with Gasteiger partial charge in [-0.15, -0.1) is 0 Å². The number of fused-ring (bicyclic) bond motifs is 1. The van der Waals surface area contributed by atoms with Crippen LogP contribution in [0.1, 0.15) is 45.4 Å². The minimum Gasteiger partial charge on any atom is -0.299 e. The Balaban J connectivity index is 1.55. The molecule has 3 aliphatic carbocycles. The van der Waals surface area contributed by atoms with E-state index in [0.29, 0.717) is 0 Å². The highest BCUT2D eigenvalue weighted by Gasteiger charge is 2.52. The van der Waals surface area contributed by atoms with Crippen LogP contribution in [0.3, 0.4) is 0 Å². The zero-order chi connectivity index (χ0) is 17.4. The molecule has 2 N–H and O–H groups in total. The van der Waals surface area contributed by atoms with Crippen LogP contribution in [0.5, 0.6) is 0 Å². The van der Waals surface area contributed by atoms with Crippen LogP contribution in [0, 0.1) is 23.7 Å². The Morgan fingerprint density at radius 3 is 2.52 bits per heavy atom. The molecule has 25 heavy (non-hydrogen) atoms. The number of nitrogens with zero attached hydrogens (tertiary/aromatic N) is 1. The highest BCUT2D eigenvalue weighted by atomic mass is 28.3. The number of hydrogen-bond acceptors (Lipinski definition) is 3. The summed E-state index contributed by atoms with van der Waals surface area (Å²) in [6.45, 7) is 10.9. The monoisotopic (exact) mass is 359 g/mol. The Morgan fingerprint density at radius 2 is 1.80 bits per heavy atom. The van der Waals surface area contributed by atoms with Crippen molar-refractivity contribution < 1.29 is 0 Å². The summed E-state index contributed by atoms with van der Waals surface area (Å²) in [5.41, 5.74) is 2.71. The third kappa shape index (κ3) is 3.31. The zero-order valence-electron chi connectivity index (χ0n) is 16.4. The van der Waals surface area contributed by atoms with E-state index < -0.39 is 8.24 Å². The first-order valence-corrected chi connectivity index (χ1v) is 13.7. The first-order valence-electron chi connectivity index (χ1n) is 10.6. The standard InChI is InChI=1S/C21H37N3Si/c1-16-12-20-18(17-8-5-4-6-9-17)10-7-11-19(20)21(16)25(2,3)24-14-22-13-23-15-24/h7,10-11,16-17,19-23H,4-6,8-9,12-15H2,1-3H3. The molecule has 1 saturated heterocycles. The Morgan fingerprint density at radius 1 is 1.08 bits per heavy atom. The maximum absolute atomic E-state index is 3.53. The second kappa shape index (κ2) is 7.30. The first kappa shape index (κ1) is 18.0. The number of allylic oxidation sites excluding steroid dienone is 4. The molecule has 0 aromatic carbocycles. The van der Waals surface area contributed by atoms with E-state index in [1.54, 1.807) is 0 Å². The molecule has 0 aromatic heterocycles. The van der Waals surface area contributed by atoms with E-state index in [0.717, 1.165) is 49.2 Å². The summed E-state index contributed by atoms with van der Waals surface area (Å²) >= 11 is 0. The van der Waals surface area contributed by atoms with E-state index >= 15 is 0 Å². The van der Waals surface area contributed by atoms with Gasteiger partial charge in [0.25, 0.3) is 0 Å². The highest BCUT2D eigenvalue weighted by molar-refractivity contribution is 6.76. The summed E-state index contributed by atoms with van der Waals surface area (Å²) < 4.78 is 2.76. The van der Waals surface area contributed by atoms with Crippen LogP contribution >= 0.6 is 0 Å². The Kier molecular flexibility index (Phi) is 5.24. The van der Waals surface area contributed by atoms with Crippen molar-refractivity contribution in [2.75, 3.05) is 20.0 Å². The Labute approximate surface area is 155 Å². The average molecular weight is 360 g/mol. The molecule has 140 valence electrons. The van der Waals surface area contributed by atoms with Crippen LogP contribution < -0.4 is 10.6 Å². The minimum absolute atomic E-state index is 0.792. The van der Waals surface area contributed by atoms with Crippen LogP contribution in [0.2, 0.25) is 18.6 Å². The van der Waals surface area contributed by atoms with Gasteiger partial charge in [-0.25, -0.2) is 0 Å².